The lowest BCUT2D eigenvalue weighted by atomic mass is 9.79. The van der Waals surface area contributed by atoms with Crippen LogP contribution in [0.15, 0.2) is 42.0 Å². The molecule has 2 atom stereocenters. The van der Waals surface area contributed by atoms with Gasteiger partial charge in [0.25, 0.3) is 0 Å². The third-order valence-electron chi connectivity index (χ3n) is 6.14. The van der Waals surface area contributed by atoms with Gasteiger partial charge in [-0.1, -0.05) is 88.6 Å². The molecular weight excluding hydrogens is 328 g/mol. The van der Waals surface area contributed by atoms with Crippen molar-refractivity contribution in [3.8, 4) is 5.75 Å². The summed E-state index contributed by atoms with van der Waals surface area (Å²) in [7, 11) is 0. The van der Waals surface area contributed by atoms with Gasteiger partial charge in [0, 0.05) is 0 Å². The van der Waals surface area contributed by atoms with Crippen molar-refractivity contribution in [2.24, 2.45) is 11.8 Å². The Morgan fingerprint density at radius 2 is 1.74 bits per heavy atom. The summed E-state index contributed by atoms with van der Waals surface area (Å²) in [6, 6.07) is 10.2. The van der Waals surface area contributed by atoms with Gasteiger partial charge in [-0.3, -0.25) is 0 Å². The normalized spacial score (nSPS) is 18.1. The summed E-state index contributed by atoms with van der Waals surface area (Å²) in [6.45, 7) is 5.47. The molecule has 1 aliphatic rings. The van der Waals surface area contributed by atoms with E-state index in [2.05, 4.69) is 32.1 Å². The van der Waals surface area contributed by atoms with E-state index >= 15 is 0 Å². The largest absolute Gasteiger partial charge is 0.494 e. The standard InChI is InChI=1S/C26H42O/c1-3-5-6-7-9-14-23-18-20-25(21-19-23)24(13-4-2)15-12-22-27-26-16-10-8-11-17-26/h8,10-11,16-17,20,23-24H,3-7,9,12-15,18-19,21-22H2,1-2H3. The van der Waals surface area contributed by atoms with Gasteiger partial charge in [0.05, 0.1) is 6.61 Å². The fourth-order valence-corrected chi connectivity index (χ4v) is 4.48. The smallest absolute Gasteiger partial charge is 0.119 e. The van der Waals surface area contributed by atoms with E-state index in [4.69, 9.17) is 4.74 Å². The second-order valence-corrected chi connectivity index (χ2v) is 8.41. The van der Waals surface area contributed by atoms with E-state index in [-0.39, 0.29) is 0 Å². The van der Waals surface area contributed by atoms with Crippen molar-refractivity contribution in [3.63, 3.8) is 0 Å². The predicted octanol–water partition coefficient (Wildman–Crippen LogP) is 8.35. The van der Waals surface area contributed by atoms with E-state index in [0.717, 1.165) is 30.6 Å². The summed E-state index contributed by atoms with van der Waals surface area (Å²) < 4.78 is 5.89. The highest BCUT2D eigenvalue weighted by molar-refractivity contribution is 5.20. The Hall–Kier alpha value is -1.24. The molecule has 0 bridgehead atoms. The van der Waals surface area contributed by atoms with E-state index in [0.29, 0.717) is 0 Å². The summed E-state index contributed by atoms with van der Waals surface area (Å²) >= 11 is 0. The molecule has 1 aromatic rings. The van der Waals surface area contributed by atoms with Crippen LogP contribution in [0.25, 0.3) is 0 Å². The van der Waals surface area contributed by atoms with Gasteiger partial charge in [0.2, 0.25) is 0 Å². The molecule has 0 aromatic heterocycles. The Balaban J connectivity index is 1.67. The van der Waals surface area contributed by atoms with Gasteiger partial charge in [0.1, 0.15) is 5.75 Å². The second-order valence-electron chi connectivity index (χ2n) is 8.41. The minimum atomic E-state index is 0.792. The molecule has 1 heteroatoms. The lowest BCUT2D eigenvalue weighted by Crippen LogP contribution is -2.13. The molecule has 0 aliphatic heterocycles. The van der Waals surface area contributed by atoms with Crippen molar-refractivity contribution >= 4 is 0 Å². The number of benzene rings is 1. The van der Waals surface area contributed by atoms with Gasteiger partial charge in [-0.2, -0.15) is 0 Å². The van der Waals surface area contributed by atoms with Crippen LogP contribution in [0.5, 0.6) is 5.75 Å². The molecule has 0 spiro atoms. The first-order valence-electron chi connectivity index (χ1n) is 11.7. The highest BCUT2D eigenvalue weighted by atomic mass is 16.5. The Morgan fingerprint density at radius 3 is 2.44 bits per heavy atom. The van der Waals surface area contributed by atoms with E-state index in [9.17, 15) is 0 Å². The minimum Gasteiger partial charge on any atom is -0.494 e. The molecule has 2 unspecified atom stereocenters. The van der Waals surface area contributed by atoms with Crippen LogP contribution in [0, 0.1) is 11.8 Å². The van der Waals surface area contributed by atoms with E-state index in [1.54, 1.807) is 5.57 Å². The van der Waals surface area contributed by atoms with Gasteiger partial charge in [-0.05, 0) is 62.5 Å². The summed E-state index contributed by atoms with van der Waals surface area (Å²) in [5.41, 5.74) is 1.76. The molecule has 27 heavy (non-hydrogen) atoms. The Morgan fingerprint density at radius 1 is 0.926 bits per heavy atom. The second kappa shape index (κ2) is 13.9. The number of allylic oxidation sites excluding steroid dienone is 2. The number of rotatable bonds is 14. The van der Waals surface area contributed by atoms with Crippen LogP contribution in [0.1, 0.15) is 97.3 Å². The van der Waals surface area contributed by atoms with Gasteiger partial charge >= 0.3 is 0 Å². The number of para-hydroxylation sites is 1. The molecule has 0 N–H and O–H groups in total. The van der Waals surface area contributed by atoms with Gasteiger partial charge in [0.15, 0.2) is 0 Å². The Labute approximate surface area is 168 Å². The number of unbranched alkanes of at least 4 members (excludes halogenated alkanes) is 4. The van der Waals surface area contributed by atoms with E-state index < -0.39 is 0 Å². The molecule has 0 amide bonds. The van der Waals surface area contributed by atoms with Crippen LogP contribution in [0.3, 0.4) is 0 Å². The van der Waals surface area contributed by atoms with Crippen molar-refractivity contribution in [1.82, 2.24) is 0 Å². The Kier molecular flexibility index (Phi) is 11.3. The van der Waals surface area contributed by atoms with Crippen LogP contribution >= 0.6 is 0 Å². The van der Waals surface area contributed by atoms with Gasteiger partial charge in [-0.15, -0.1) is 0 Å². The quantitative estimate of drug-likeness (QED) is 0.236. The molecule has 0 radical (unpaired) electrons. The first-order valence-corrected chi connectivity index (χ1v) is 11.7. The summed E-state index contributed by atoms with van der Waals surface area (Å²) in [5.74, 6) is 2.75. The summed E-state index contributed by atoms with van der Waals surface area (Å²) in [5, 5.41) is 0. The van der Waals surface area contributed by atoms with Crippen molar-refractivity contribution < 1.29 is 4.74 Å². The van der Waals surface area contributed by atoms with Crippen LogP contribution < -0.4 is 4.74 Å². The van der Waals surface area contributed by atoms with Gasteiger partial charge < -0.3 is 4.74 Å². The monoisotopic (exact) mass is 370 g/mol. The first kappa shape index (κ1) is 22.1. The number of hydrogen-bond acceptors (Lipinski definition) is 1. The minimum absolute atomic E-state index is 0.792. The van der Waals surface area contributed by atoms with Crippen LogP contribution in [-0.4, -0.2) is 6.61 Å². The highest BCUT2D eigenvalue weighted by Crippen LogP contribution is 2.34. The zero-order valence-electron chi connectivity index (χ0n) is 17.9. The van der Waals surface area contributed by atoms with Crippen LogP contribution in [0.2, 0.25) is 0 Å². The molecule has 1 aromatic carbocycles. The molecule has 0 saturated heterocycles. The Bertz CT molecular complexity index is 504. The van der Waals surface area contributed by atoms with Crippen molar-refractivity contribution in [2.75, 3.05) is 6.61 Å². The zero-order valence-corrected chi connectivity index (χ0v) is 17.9. The molecule has 1 aliphatic carbocycles. The summed E-state index contributed by atoms with van der Waals surface area (Å²) in [6.07, 6.45) is 20.4. The predicted molar refractivity (Wildman–Crippen MR) is 118 cm³/mol. The molecule has 1 nitrogen and oxygen atoms in total. The zero-order chi connectivity index (χ0) is 19.2. The number of hydrogen-bond donors (Lipinski definition) is 0. The van der Waals surface area contributed by atoms with E-state index in [1.807, 2.05) is 18.2 Å². The van der Waals surface area contributed by atoms with E-state index in [1.165, 1.54) is 77.0 Å². The van der Waals surface area contributed by atoms with Crippen molar-refractivity contribution in [3.05, 3.63) is 42.0 Å². The molecule has 0 saturated carbocycles. The molecule has 152 valence electrons. The molecular formula is C26H42O. The van der Waals surface area contributed by atoms with Crippen molar-refractivity contribution in [2.45, 2.75) is 97.3 Å². The third kappa shape index (κ3) is 9.00. The third-order valence-corrected chi connectivity index (χ3v) is 6.14. The topological polar surface area (TPSA) is 9.23 Å². The van der Waals surface area contributed by atoms with Gasteiger partial charge in [-0.25, -0.2) is 0 Å². The lowest BCUT2D eigenvalue weighted by Gasteiger charge is -2.27. The fraction of sp³-hybridized carbons (Fsp3) is 0.692. The maximum atomic E-state index is 5.89. The highest BCUT2D eigenvalue weighted by Gasteiger charge is 2.20. The first-order chi connectivity index (χ1) is 13.3. The fourth-order valence-electron chi connectivity index (χ4n) is 4.48. The maximum absolute atomic E-state index is 5.89. The summed E-state index contributed by atoms with van der Waals surface area (Å²) in [4.78, 5) is 0. The van der Waals surface area contributed by atoms with Crippen LogP contribution in [0.4, 0.5) is 0 Å². The number of ether oxygens (including phenoxy) is 1. The maximum Gasteiger partial charge on any atom is 0.119 e. The van der Waals surface area contributed by atoms with Crippen LogP contribution in [-0.2, 0) is 0 Å². The lowest BCUT2D eigenvalue weighted by molar-refractivity contribution is 0.291. The average Bonchev–Trinajstić information content (AvgIpc) is 2.71. The molecule has 0 heterocycles. The van der Waals surface area contributed by atoms with Crippen molar-refractivity contribution in [1.29, 1.82) is 0 Å². The molecule has 0 fully saturated rings. The molecule has 2 rings (SSSR count). The average molecular weight is 371 g/mol. The SMILES string of the molecule is CCCCCCCC1CC=C(C(CCC)CCCOc2ccccc2)CC1.